The number of sulfone groups is 1. The number of amides is 1. The van der Waals surface area contributed by atoms with Gasteiger partial charge in [-0.15, -0.1) is 0 Å². The lowest BCUT2D eigenvalue weighted by Crippen LogP contribution is -2.53. The minimum absolute atomic E-state index is 0.0247. The molecule has 3 heterocycles. The molecule has 2 fully saturated rings. The van der Waals surface area contributed by atoms with Crippen LogP contribution in [0.15, 0.2) is 64.5 Å². The lowest BCUT2D eigenvalue weighted by Gasteiger charge is -2.39. The summed E-state index contributed by atoms with van der Waals surface area (Å²) in [6, 6.07) is 12.8. The van der Waals surface area contributed by atoms with Crippen LogP contribution < -0.4 is 4.90 Å². The number of rotatable bonds is 5. The van der Waals surface area contributed by atoms with Gasteiger partial charge in [0.25, 0.3) is 0 Å². The number of aromatic nitrogens is 1. The van der Waals surface area contributed by atoms with Gasteiger partial charge in [-0.05, 0) is 61.4 Å². The topological polar surface area (TPSA) is 108 Å². The van der Waals surface area contributed by atoms with Gasteiger partial charge in [0.1, 0.15) is 0 Å². The standard InChI is InChI=1S/C26H29ClN4O5S2/c1-37(33,34)21-5-7-22(8-6-21)38(35,36)31-12-2-3-19(18-31)26(32)30-15-13-29(14-16-30)25-10-11-28-24-17-20(27)4-9-23(24)25/h4-11,17,19H,2-3,12-16,18H2,1H3. The molecule has 9 nitrogen and oxygen atoms in total. The minimum Gasteiger partial charge on any atom is -0.367 e. The number of piperazine rings is 1. The van der Waals surface area contributed by atoms with Gasteiger partial charge in [0, 0.05) is 67.8 Å². The zero-order valence-electron chi connectivity index (χ0n) is 21.0. The van der Waals surface area contributed by atoms with E-state index < -0.39 is 25.8 Å². The molecule has 12 heteroatoms. The molecule has 38 heavy (non-hydrogen) atoms. The highest BCUT2D eigenvalue weighted by Crippen LogP contribution is 2.30. The number of piperidine rings is 1. The van der Waals surface area contributed by atoms with Crippen LogP contribution in [0.5, 0.6) is 0 Å². The Labute approximate surface area is 228 Å². The van der Waals surface area contributed by atoms with Gasteiger partial charge in [-0.1, -0.05) is 11.6 Å². The summed E-state index contributed by atoms with van der Waals surface area (Å²) in [6.07, 6.45) is 4.06. The molecule has 1 amide bonds. The maximum absolute atomic E-state index is 13.4. The molecule has 1 unspecified atom stereocenters. The Balaban J connectivity index is 1.24. The maximum Gasteiger partial charge on any atom is 0.243 e. The number of carbonyl (C=O) groups excluding carboxylic acids is 1. The Hall–Kier alpha value is -2.73. The van der Waals surface area contributed by atoms with E-state index in [1.54, 1.807) is 6.20 Å². The van der Waals surface area contributed by atoms with Gasteiger partial charge in [-0.3, -0.25) is 9.78 Å². The fraction of sp³-hybridized carbons (Fsp3) is 0.385. The molecular weight excluding hydrogens is 548 g/mol. The van der Waals surface area contributed by atoms with Crippen LogP contribution in [0.25, 0.3) is 10.9 Å². The summed E-state index contributed by atoms with van der Waals surface area (Å²) in [5.41, 5.74) is 1.87. The monoisotopic (exact) mass is 576 g/mol. The predicted molar refractivity (Wildman–Crippen MR) is 147 cm³/mol. The average molecular weight is 577 g/mol. The molecular formula is C26H29ClN4O5S2. The molecule has 0 aliphatic carbocycles. The highest BCUT2D eigenvalue weighted by atomic mass is 35.5. The molecule has 0 N–H and O–H groups in total. The van der Waals surface area contributed by atoms with E-state index in [1.165, 1.54) is 28.6 Å². The number of nitrogens with zero attached hydrogens (tertiary/aromatic N) is 4. The predicted octanol–water partition coefficient (Wildman–Crippen LogP) is 3.04. The van der Waals surface area contributed by atoms with Gasteiger partial charge in [0.2, 0.25) is 15.9 Å². The fourth-order valence-electron chi connectivity index (χ4n) is 5.18. The van der Waals surface area contributed by atoms with Crippen LogP contribution in [0, 0.1) is 5.92 Å². The van der Waals surface area contributed by atoms with Crippen molar-refractivity contribution in [1.29, 1.82) is 0 Å². The highest BCUT2D eigenvalue weighted by Gasteiger charge is 2.36. The molecule has 1 aromatic heterocycles. The van der Waals surface area contributed by atoms with Crippen molar-refractivity contribution >= 4 is 54.0 Å². The van der Waals surface area contributed by atoms with Crippen molar-refractivity contribution < 1.29 is 21.6 Å². The first-order valence-corrected chi connectivity index (χ1v) is 16.1. The van der Waals surface area contributed by atoms with Crippen molar-refractivity contribution in [3.05, 3.63) is 59.8 Å². The lowest BCUT2D eigenvalue weighted by atomic mass is 9.97. The summed E-state index contributed by atoms with van der Waals surface area (Å²) < 4.78 is 51.3. The van der Waals surface area contributed by atoms with Crippen molar-refractivity contribution in [2.45, 2.75) is 22.6 Å². The van der Waals surface area contributed by atoms with E-state index in [2.05, 4.69) is 9.88 Å². The molecule has 2 aliphatic heterocycles. The van der Waals surface area contributed by atoms with Crippen molar-refractivity contribution in [3.63, 3.8) is 0 Å². The van der Waals surface area contributed by atoms with Crippen molar-refractivity contribution in [2.75, 3.05) is 50.4 Å². The van der Waals surface area contributed by atoms with Gasteiger partial charge in [-0.2, -0.15) is 4.31 Å². The zero-order chi connectivity index (χ0) is 27.1. The number of anilines is 1. The second kappa shape index (κ2) is 10.4. The largest absolute Gasteiger partial charge is 0.367 e. The summed E-state index contributed by atoms with van der Waals surface area (Å²) in [7, 11) is -7.27. The Bertz CT molecular complexity index is 1570. The first-order valence-electron chi connectivity index (χ1n) is 12.4. The summed E-state index contributed by atoms with van der Waals surface area (Å²) in [6.45, 7) is 2.86. The van der Waals surface area contributed by atoms with Gasteiger partial charge in [0.15, 0.2) is 9.84 Å². The van der Waals surface area contributed by atoms with Gasteiger partial charge in [0.05, 0.1) is 21.2 Å². The number of hydrogen-bond donors (Lipinski definition) is 0. The quantitative estimate of drug-likeness (QED) is 0.459. The van der Waals surface area contributed by atoms with Crippen molar-refractivity contribution in [2.24, 2.45) is 5.92 Å². The Morgan fingerprint density at radius 2 is 1.61 bits per heavy atom. The van der Waals surface area contributed by atoms with Crippen LogP contribution in [0.1, 0.15) is 12.8 Å². The van der Waals surface area contributed by atoms with E-state index in [-0.39, 0.29) is 22.2 Å². The molecule has 2 saturated heterocycles. The summed E-state index contributed by atoms with van der Waals surface area (Å²) >= 11 is 6.12. The summed E-state index contributed by atoms with van der Waals surface area (Å²) in [5, 5.41) is 1.64. The normalized spacial score (nSPS) is 19.6. The number of benzene rings is 2. The molecule has 3 aromatic rings. The number of sulfonamides is 1. The third kappa shape index (κ3) is 5.38. The molecule has 0 spiro atoms. The molecule has 202 valence electrons. The van der Waals surface area contributed by atoms with Gasteiger partial charge in [-0.25, -0.2) is 16.8 Å². The highest BCUT2D eigenvalue weighted by molar-refractivity contribution is 7.90. The van der Waals surface area contributed by atoms with E-state index >= 15 is 0 Å². The van der Waals surface area contributed by atoms with E-state index in [0.717, 1.165) is 22.8 Å². The molecule has 0 saturated carbocycles. The molecule has 2 aliphatic rings. The summed E-state index contributed by atoms with van der Waals surface area (Å²) in [5.74, 6) is -0.437. The van der Waals surface area contributed by atoms with Crippen molar-refractivity contribution in [1.82, 2.24) is 14.2 Å². The fourth-order valence-corrected chi connectivity index (χ4v) is 7.50. The van der Waals surface area contributed by atoms with E-state index in [1.807, 2.05) is 29.2 Å². The SMILES string of the molecule is CS(=O)(=O)c1ccc(S(=O)(=O)N2CCCC(C(=O)N3CCN(c4ccnc5cc(Cl)ccc45)CC3)C2)cc1. The number of halogens is 1. The molecule has 0 radical (unpaired) electrons. The van der Waals surface area contributed by atoms with E-state index in [4.69, 9.17) is 11.6 Å². The van der Waals surface area contributed by atoms with Crippen LogP contribution in [0.3, 0.4) is 0 Å². The average Bonchev–Trinajstić information content (AvgIpc) is 2.92. The third-order valence-corrected chi connectivity index (χ3v) is 10.5. The van der Waals surface area contributed by atoms with Gasteiger partial charge < -0.3 is 9.80 Å². The van der Waals surface area contributed by atoms with Crippen LogP contribution >= 0.6 is 11.6 Å². The summed E-state index contributed by atoms with van der Waals surface area (Å²) in [4.78, 5) is 22.0. The second-order valence-electron chi connectivity index (χ2n) is 9.75. The minimum atomic E-state index is -3.85. The molecule has 5 rings (SSSR count). The lowest BCUT2D eigenvalue weighted by molar-refractivity contribution is -0.137. The third-order valence-electron chi connectivity index (χ3n) is 7.24. The van der Waals surface area contributed by atoms with Crippen LogP contribution in [0.2, 0.25) is 5.02 Å². The first-order chi connectivity index (χ1) is 18.0. The number of hydrogen-bond acceptors (Lipinski definition) is 7. The van der Waals surface area contributed by atoms with Crippen LogP contribution in [-0.2, 0) is 24.7 Å². The molecule has 1 atom stereocenters. The number of pyridine rings is 1. The van der Waals surface area contributed by atoms with Crippen LogP contribution in [-0.4, -0.2) is 82.5 Å². The van der Waals surface area contributed by atoms with Crippen LogP contribution in [0.4, 0.5) is 5.69 Å². The maximum atomic E-state index is 13.4. The number of fused-ring (bicyclic) bond motifs is 1. The zero-order valence-corrected chi connectivity index (χ0v) is 23.3. The van der Waals surface area contributed by atoms with E-state index in [9.17, 15) is 21.6 Å². The smallest absolute Gasteiger partial charge is 0.243 e. The van der Waals surface area contributed by atoms with E-state index in [0.29, 0.717) is 50.6 Å². The molecule has 2 aromatic carbocycles. The van der Waals surface area contributed by atoms with Crippen molar-refractivity contribution in [3.8, 4) is 0 Å². The first kappa shape index (κ1) is 26.9. The second-order valence-corrected chi connectivity index (χ2v) is 14.1. The Kier molecular flexibility index (Phi) is 7.38. The molecule has 0 bridgehead atoms. The van der Waals surface area contributed by atoms with Gasteiger partial charge >= 0.3 is 0 Å². The Morgan fingerprint density at radius 3 is 2.29 bits per heavy atom. The Morgan fingerprint density at radius 1 is 0.921 bits per heavy atom. The number of carbonyl (C=O) groups is 1.